The molecule has 41 heavy (non-hydrogen) atoms. The number of hydrogen-bond acceptors (Lipinski definition) is 6. The van der Waals surface area contributed by atoms with Crippen molar-refractivity contribution in [1.29, 1.82) is 0 Å². The zero-order chi connectivity index (χ0) is 28.5. The Bertz CT molecular complexity index is 1950. The predicted molar refractivity (Wildman–Crippen MR) is 161 cm³/mol. The van der Waals surface area contributed by atoms with E-state index in [1.807, 2.05) is 109 Å². The second-order valence-corrected chi connectivity index (χ2v) is 10.8. The number of esters is 1. The van der Waals surface area contributed by atoms with Gasteiger partial charge in [0, 0.05) is 17.3 Å². The van der Waals surface area contributed by atoms with Crippen LogP contribution in [0.4, 0.5) is 0 Å². The Hall–Kier alpha value is -4.82. The van der Waals surface area contributed by atoms with Crippen LogP contribution in [0.25, 0.3) is 23.0 Å². The lowest BCUT2D eigenvalue weighted by Crippen LogP contribution is -2.39. The molecular weight excluding hydrogens is 532 g/mol. The van der Waals surface area contributed by atoms with Gasteiger partial charge in [-0.2, -0.15) is 5.10 Å². The summed E-state index contributed by atoms with van der Waals surface area (Å²) in [4.78, 5) is 32.4. The van der Waals surface area contributed by atoms with Gasteiger partial charge in [0.15, 0.2) is 4.80 Å². The van der Waals surface area contributed by atoms with Gasteiger partial charge < -0.3 is 4.74 Å². The average Bonchev–Trinajstić information content (AvgIpc) is 3.54. The summed E-state index contributed by atoms with van der Waals surface area (Å²) in [5.41, 5.74) is 6.10. The van der Waals surface area contributed by atoms with Crippen LogP contribution in [0.1, 0.15) is 36.6 Å². The second-order valence-electron chi connectivity index (χ2n) is 9.79. The fourth-order valence-electron chi connectivity index (χ4n) is 5.03. The first-order valence-electron chi connectivity index (χ1n) is 13.4. The number of nitrogens with zero attached hydrogens (tertiary/aromatic N) is 4. The largest absolute Gasteiger partial charge is 0.463 e. The van der Waals surface area contributed by atoms with Gasteiger partial charge in [0.2, 0.25) is 0 Å². The minimum atomic E-state index is -0.641. The number of para-hydroxylation sites is 1. The van der Waals surface area contributed by atoms with Crippen molar-refractivity contribution in [2.45, 2.75) is 26.8 Å². The van der Waals surface area contributed by atoms with Crippen LogP contribution in [0.2, 0.25) is 0 Å². The van der Waals surface area contributed by atoms with Gasteiger partial charge in [0.05, 0.1) is 39.8 Å². The third kappa shape index (κ3) is 4.98. The minimum absolute atomic E-state index is 0.223. The molecule has 204 valence electrons. The van der Waals surface area contributed by atoms with Gasteiger partial charge in [0.25, 0.3) is 5.56 Å². The van der Waals surface area contributed by atoms with Gasteiger partial charge in [-0.1, -0.05) is 89.7 Å². The summed E-state index contributed by atoms with van der Waals surface area (Å²) in [5, 5.41) is 4.91. The highest BCUT2D eigenvalue weighted by atomic mass is 32.1. The van der Waals surface area contributed by atoms with Crippen molar-refractivity contribution in [3.63, 3.8) is 0 Å². The quantitative estimate of drug-likeness (QED) is 0.275. The van der Waals surface area contributed by atoms with E-state index in [-0.39, 0.29) is 12.2 Å². The lowest BCUT2D eigenvalue weighted by Gasteiger charge is -2.24. The molecule has 1 aliphatic heterocycles. The van der Waals surface area contributed by atoms with E-state index < -0.39 is 12.0 Å². The van der Waals surface area contributed by atoms with Crippen LogP contribution >= 0.6 is 11.3 Å². The number of benzene rings is 3. The second kappa shape index (κ2) is 11.0. The third-order valence-electron chi connectivity index (χ3n) is 7.01. The fraction of sp³-hybridized carbons (Fsp3) is 0.152. The summed E-state index contributed by atoms with van der Waals surface area (Å²) in [6, 6.07) is 26.9. The van der Waals surface area contributed by atoms with E-state index in [4.69, 9.17) is 14.8 Å². The monoisotopic (exact) mass is 560 g/mol. The Morgan fingerprint density at radius 1 is 0.976 bits per heavy atom. The molecule has 0 saturated heterocycles. The van der Waals surface area contributed by atoms with Gasteiger partial charge in [-0.05, 0) is 44.5 Å². The highest BCUT2D eigenvalue weighted by Gasteiger charge is 2.33. The summed E-state index contributed by atoms with van der Waals surface area (Å²) in [7, 11) is 0. The number of carbonyl (C=O) groups is 1. The maximum atomic E-state index is 14.1. The van der Waals surface area contributed by atoms with E-state index >= 15 is 0 Å². The van der Waals surface area contributed by atoms with Crippen LogP contribution in [0.15, 0.2) is 112 Å². The predicted octanol–water partition coefficient (Wildman–Crippen LogP) is 4.96. The van der Waals surface area contributed by atoms with E-state index in [1.165, 1.54) is 11.3 Å². The van der Waals surface area contributed by atoms with E-state index in [2.05, 4.69) is 0 Å². The minimum Gasteiger partial charge on any atom is -0.463 e. The van der Waals surface area contributed by atoms with Crippen molar-refractivity contribution in [3.05, 3.63) is 139 Å². The van der Waals surface area contributed by atoms with Crippen molar-refractivity contribution >= 4 is 23.4 Å². The van der Waals surface area contributed by atoms with Gasteiger partial charge in [0.1, 0.15) is 0 Å². The van der Waals surface area contributed by atoms with Crippen molar-refractivity contribution < 1.29 is 9.53 Å². The molecule has 1 unspecified atom stereocenters. The lowest BCUT2D eigenvalue weighted by atomic mass is 9.96. The molecule has 0 spiro atoms. The molecule has 0 aliphatic carbocycles. The molecule has 0 N–H and O–H groups in total. The molecule has 0 radical (unpaired) electrons. The summed E-state index contributed by atoms with van der Waals surface area (Å²) < 4.78 is 9.33. The van der Waals surface area contributed by atoms with Gasteiger partial charge >= 0.3 is 5.97 Å². The topological polar surface area (TPSA) is 78.5 Å². The molecule has 6 rings (SSSR count). The molecule has 5 aromatic rings. The first kappa shape index (κ1) is 26.4. The van der Waals surface area contributed by atoms with Gasteiger partial charge in [-0.25, -0.2) is 14.5 Å². The number of carbonyl (C=O) groups excluding carboxylic acids is 1. The molecule has 1 atom stereocenters. The molecule has 7 nitrogen and oxygen atoms in total. The first-order chi connectivity index (χ1) is 19.9. The SMILES string of the molecule is CCOC(=O)C1=C(C)N=c2s/c(=C/c3cn(-c4ccccc4)nc3-c3ccc(C)cc3)c(=O)n2C1c1ccccc1. The van der Waals surface area contributed by atoms with E-state index in [0.717, 1.165) is 33.6 Å². The Morgan fingerprint density at radius 2 is 1.66 bits per heavy atom. The Balaban J connectivity index is 1.56. The van der Waals surface area contributed by atoms with Crippen LogP contribution in [0.3, 0.4) is 0 Å². The molecule has 0 fully saturated rings. The Kier molecular flexibility index (Phi) is 7.07. The fourth-order valence-corrected chi connectivity index (χ4v) is 6.06. The molecule has 0 bridgehead atoms. The summed E-state index contributed by atoms with van der Waals surface area (Å²) in [6.45, 7) is 5.83. The zero-order valence-electron chi connectivity index (χ0n) is 22.9. The molecule has 2 aromatic heterocycles. The number of allylic oxidation sites excluding steroid dienone is 1. The van der Waals surface area contributed by atoms with Crippen LogP contribution < -0.4 is 14.9 Å². The molecule has 3 aromatic carbocycles. The standard InChI is InChI=1S/C33H28N4O3S/c1-4-40-32(39)28-22(3)34-33-37(30(28)24-11-7-5-8-12-24)31(38)27(41-33)19-25-20-36(26-13-9-6-10-14-26)35-29(25)23-17-15-21(2)16-18-23/h5-20,30H,4H2,1-3H3/b27-19+. The number of aryl methyl sites for hydroxylation is 1. The first-order valence-corrected chi connectivity index (χ1v) is 14.2. The summed E-state index contributed by atoms with van der Waals surface area (Å²) in [6.07, 6.45) is 3.81. The molecule has 3 heterocycles. The third-order valence-corrected chi connectivity index (χ3v) is 7.99. The van der Waals surface area contributed by atoms with Crippen LogP contribution in [-0.4, -0.2) is 26.9 Å². The molecule has 0 amide bonds. The average molecular weight is 561 g/mol. The summed E-state index contributed by atoms with van der Waals surface area (Å²) >= 11 is 1.30. The number of thiazole rings is 1. The number of ether oxygens (including phenoxy) is 1. The van der Waals surface area contributed by atoms with Gasteiger partial charge in [-0.15, -0.1) is 0 Å². The van der Waals surface area contributed by atoms with Gasteiger partial charge in [-0.3, -0.25) is 9.36 Å². The number of aromatic nitrogens is 3. The highest BCUT2D eigenvalue weighted by molar-refractivity contribution is 7.07. The molecule has 0 saturated carbocycles. The number of fused-ring (bicyclic) bond motifs is 1. The summed E-state index contributed by atoms with van der Waals surface area (Å²) in [5.74, 6) is -0.470. The van der Waals surface area contributed by atoms with Crippen molar-refractivity contribution in [2.24, 2.45) is 4.99 Å². The maximum absolute atomic E-state index is 14.1. The number of rotatable bonds is 6. The zero-order valence-corrected chi connectivity index (χ0v) is 23.8. The maximum Gasteiger partial charge on any atom is 0.338 e. The van der Waals surface area contributed by atoms with Crippen molar-refractivity contribution in [3.8, 4) is 16.9 Å². The van der Waals surface area contributed by atoms with E-state index in [9.17, 15) is 9.59 Å². The van der Waals surface area contributed by atoms with Crippen LogP contribution in [-0.2, 0) is 9.53 Å². The van der Waals surface area contributed by atoms with E-state index in [0.29, 0.717) is 20.6 Å². The number of hydrogen-bond donors (Lipinski definition) is 0. The lowest BCUT2D eigenvalue weighted by molar-refractivity contribution is -0.139. The normalized spacial score (nSPS) is 15.0. The Morgan fingerprint density at radius 3 is 2.34 bits per heavy atom. The highest BCUT2D eigenvalue weighted by Crippen LogP contribution is 2.31. The van der Waals surface area contributed by atoms with Crippen LogP contribution in [0.5, 0.6) is 0 Å². The smallest absolute Gasteiger partial charge is 0.338 e. The van der Waals surface area contributed by atoms with Crippen LogP contribution in [0, 0.1) is 6.92 Å². The molecule has 8 heteroatoms. The Labute approximate surface area is 241 Å². The molecule has 1 aliphatic rings. The molecular formula is C33H28N4O3S. The van der Waals surface area contributed by atoms with E-state index in [1.54, 1.807) is 18.4 Å². The van der Waals surface area contributed by atoms with Crippen molar-refractivity contribution in [2.75, 3.05) is 6.61 Å². The van der Waals surface area contributed by atoms with Crippen molar-refractivity contribution in [1.82, 2.24) is 14.3 Å².